The standard InChI is InChI=1S/C53H44N2/c1-5-36(37-15-7-6-8-16-37)24-23-35(2)54-49-21-13-11-19-44(49)46-31-38(25-29-51(46)54)39-26-30-52-47(32-39)45-20-12-14-22-50(45)55(52)41-27-28-43-42-18-10-9-17-40(42)34-53(3,4)48(43)33-41/h6-33H,5,34H2,1-4H3/b35-23+,36-24+. The zero-order valence-electron chi connectivity index (χ0n) is 32.0. The summed E-state index contributed by atoms with van der Waals surface area (Å²) in [6.45, 7) is 9.23. The van der Waals surface area contributed by atoms with Crippen molar-refractivity contribution in [3.8, 4) is 27.9 Å². The number of nitrogens with zero attached hydrogens (tertiary/aromatic N) is 2. The lowest BCUT2D eigenvalue weighted by Gasteiger charge is -2.34. The minimum atomic E-state index is 0.0407. The Morgan fingerprint density at radius 3 is 1.93 bits per heavy atom. The summed E-state index contributed by atoms with van der Waals surface area (Å²) in [5.41, 5.74) is 18.0. The van der Waals surface area contributed by atoms with Gasteiger partial charge in [0.2, 0.25) is 0 Å². The molecular formula is C53H44N2. The lowest BCUT2D eigenvalue weighted by Crippen LogP contribution is -2.25. The summed E-state index contributed by atoms with van der Waals surface area (Å²) in [5, 5.41) is 5.08. The molecule has 0 N–H and O–H groups in total. The molecule has 0 bridgehead atoms. The van der Waals surface area contributed by atoms with E-state index in [4.69, 9.17) is 0 Å². The molecule has 1 aliphatic carbocycles. The molecule has 2 aromatic heterocycles. The van der Waals surface area contributed by atoms with E-state index in [0.717, 1.165) is 12.8 Å². The van der Waals surface area contributed by atoms with Crippen LogP contribution >= 0.6 is 0 Å². The molecule has 0 saturated heterocycles. The van der Waals surface area contributed by atoms with Gasteiger partial charge in [-0.05, 0) is 124 Å². The summed E-state index contributed by atoms with van der Waals surface area (Å²) < 4.78 is 4.88. The van der Waals surface area contributed by atoms with Gasteiger partial charge in [0.05, 0.1) is 22.1 Å². The van der Waals surface area contributed by atoms with Gasteiger partial charge in [-0.1, -0.05) is 136 Å². The van der Waals surface area contributed by atoms with Crippen molar-refractivity contribution >= 4 is 54.9 Å². The fourth-order valence-corrected chi connectivity index (χ4v) is 9.30. The van der Waals surface area contributed by atoms with Gasteiger partial charge < -0.3 is 9.13 Å². The van der Waals surface area contributed by atoms with Crippen molar-refractivity contribution in [1.82, 2.24) is 9.13 Å². The number of hydrogen-bond donors (Lipinski definition) is 0. The van der Waals surface area contributed by atoms with E-state index in [0.29, 0.717) is 0 Å². The first-order valence-electron chi connectivity index (χ1n) is 19.6. The van der Waals surface area contributed by atoms with E-state index in [1.807, 2.05) is 0 Å². The second-order valence-electron chi connectivity index (χ2n) is 15.8. The van der Waals surface area contributed by atoms with Crippen LogP contribution in [0, 0.1) is 0 Å². The van der Waals surface area contributed by atoms with Gasteiger partial charge in [-0.15, -0.1) is 0 Å². The smallest absolute Gasteiger partial charge is 0.0541 e. The van der Waals surface area contributed by atoms with Gasteiger partial charge in [0.25, 0.3) is 0 Å². The highest BCUT2D eigenvalue weighted by Crippen LogP contribution is 2.45. The van der Waals surface area contributed by atoms with Gasteiger partial charge in [0.1, 0.15) is 0 Å². The molecule has 0 amide bonds. The van der Waals surface area contributed by atoms with Crippen molar-refractivity contribution < 1.29 is 0 Å². The molecule has 0 unspecified atom stereocenters. The third-order valence-electron chi connectivity index (χ3n) is 12.0. The van der Waals surface area contributed by atoms with Gasteiger partial charge in [0, 0.05) is 32.9 Å². The van der Waals surface area contributed by atoms with E-state index in [-0.39, 0.29) is 5.41 Å². The van der Waals surface area contributed by atoms with E-state index < -0.39 is 0 Å². The molecule has 1 aliphatic rings. The van der Waals surface area contributed by atoms with Crippen molar-refractivity contribution in [1.29, 1.82) is 0 Å². The van der Waals surface area contributed by atoms with Crippen LogP contribution in [0.5, 0.6) is 0 Å². The van der Waals surface area contributed by atoms with E-state index in [1.54, 1.807) is 0 Å². The van der Waals surface area contributed by atoms with Crippen molar-refractivity contribution in [3.63, 3.8) is 0 Å². The highest BCUT2D eigenvalue weighted by Gasteiger charge is 2.31. The zero-order valence-corrected chi connectivity index (χ0v) is 32.0. The first kappa shape index (κ1) is 33.2. The molecule has 0 radical (unpaired) electrons. The van der Waals surface area contributed by atoms with Crippen molar-refractivity contribution in [2.24, 2.45) is 0 Å². The van der Waals surface area contributed by atoms with E-state index in [1.165, 1.54) is 99.5 Å². The first-order valence-corrected chi connectivity index (χ1v) is 19.6. The second-order valence-corrected chi connectivity index (χ2v) is 15.8. The Hall–Kier alpha value is -6.38. The summed E-state index contributed by atoms with van der Waals surface area (Å²) >= 11 is 0. The molecule has 10 rings (SSSR count). The molecule has 0 spiro atoms. The Labute approximate surface area is 323 Å². The lowest BCUT2D eigenvalue weighted by molar-refractivity contribution is 0.517. The molecule has 7 aromatic carbocycles. The number of hydrogen-bond acceptors (Lipinski definition) is 0. The number of rotatable bonds is 6. The molecular weight excluding hydrogens is 665 g/mol. The highest BCUT2D eigenvalue weighted by molar-refractivity contribution is 6.13. The van der Waals surface area contributed by atoms with Gasteiger partial charge in [-0.3, -0.25) is 0 Å². The lowest BCUT2D eigenvalue weighted by atomic mass is 9.70. The predicted octanol–water partition coefficient (Wildman–Crippen LogP) is 14.4. The highest BCUT2D eigenvalue weighted by atomic mass is 15.0. The molecule has 55 heavy (non-hydrogen) atoms. The van der Waals surface area contributed by atoms with Crippen LogP contribution in [-0.4, -0.2) is 9.13 Å². The predicted molar refractivity (Wildman–Crippen MR) is 236 cm³/mol. The Kier molecular flexibility index (Phi) is 7.78. The van der Waals surface area contributed by atoms with E-state index >= 15 is 0 Å². The van der Waals surface area contributed by atoms with Gasteiger partial charge in [-0.2, -0.15) is 0 Å². The Morgan fingerprint density at radius 2 is 1.16 bits per heavy atom. The molecule has 0 fully saturated rings. The van der Waals surface area contributed by atoms with Crippen LogP contribution in [0.1, 0.15) is 50.8 Å². The van der Waals surface area contributed by atoms with Gasteiger partial charge >= 0.3 is 0 Å². The maximum absolute atomic E-state index is 2.47. The van der Waals surface area contributed by atoms with Crippen LogP contribution in [0.3, 0.4) is 0 Å². The number of fused-ring (bicyclic) bond motifs is 9. The molecule has 0 aliphatic heterocycles. The number of para-hydroxylation sites is 2. The number of benzene rings is 7. The monoisotopic (exact) mass is 708 g/mol. The normalized spacial score (nSPS) is 14.2. The van der Waals surface area contributed by atoms with Crippen molar-refractivity contribution in [2.75, 3.05) is 0 Å². The fourth-order valence-electron chi connectivity index (χ4n) is 9.30. The molecule has 266 valence electrons. The van der Waals surface area contributed by atoms with Crippen molar-refractivity contribution in [2.45, 2.75) is 46.0 Å². The maximum Gasteiger partial charge on any atom is 0.0541 e. The summed E-state index contributed by atoms with van der Waals surface area (Å²) in [7, 11) is 0. The average molecular weight is 709 g/mol. The summed E-state index contributed by atoms with van der Waals surface area (Å²) in [6.07, 6.45) is 6.58. The molecule has 2 nitrogen and oxygen atoms in total. The average Bonchev–Trinajstić information content (AvgIpc) is 3.73. The van der Waals surface area contributed by atoms with E-state index in [2.05, 4.69) is 207 Å². The van der Waals surface area contributed by atoms with Crippen molar-refractivity contribution in [3.05, 3.63) is 187 Å². The van der Waals surface area contributed by atoms with Crippen LogP contribution in [0.15, 0.2) is 170 Å². The minimum absolute atomic E-state index is 0.0407. The molecule has 0 atom stereocenters. The summed E-state index contributed by atoms with van der Waals surface area (Å²) in [6, 6.07) is 58.5. The minimum Gasteiger partial charge on any atom is -0.313 e. The van der Waals surface area contributed by atoms with Gasteiger partial charge in [-0.25, -0.2) is 0 Å². The SMILES string of the molecule is CC/C(=C\C=C(/C)n1c2ccccc2c2cc(-c3ccc4c(c3)c3ccccc3n4-c3ccc4c(c3)C(C)(C)Cc3ccccc3-4)ccc21)c1ccccc1. The van der Waals surface area contributed by atoms with Crippen LogP contribution in [0.2, 0.25) is 0 Å². The molecule has 9 aromatic rings. The zero-order chi connectivity index (χ0) is 37.3. The summed E-state index contributed by atoms with van der Waals surface area (Å²) in [4.78, 5) is 0. The second kappa shape index (κ2) is 12.9. The Bertz CT molecular complexity index is 3020. The Morgan fingerprint density at radius 1 is 0.564 bits per heavy atom. The van der Waals surface area contributed by atoms with Gasteiger partial charge in [0.15, 0.2) is 0 Å². The Balaban J connectivity index is 1.09. The number of allylic oxidation sites excluding steroid dienone is 4. The van der Waals surface area contributed by atoms with Crippen LogP contribution in [-0.2, 0) is 11.8 Å². The first-order chi connectivity index (χ1) is 26.9. The topological polar surface area (TPSA) is 9.86 Å². The third kappa shape index (κ3) is 5.39. The molecule has 2 heteroatoms. The largest absolute Gasteiger partial charge is 0.313 e. The quantitative estimate of drug-likeness (QED) is 0.152. The molecule has 2 heterocycles. The van der Waals surface area contributed by atoms with Crippen LogP contribution in [0.25, 0.3) is 82.8 Å². The maximum atomic E-state index is 2.47. The van der Waals surface area contributed by atoms with E-state index in [9.17, 15) is 0 Å². The molecule has 0 saturated carbocycles. The van der Waals surface area contributed by atoms with Crippen LogP contribution in [0.4, 0.5) is 0 Å². The third-order valence-corrected chi connectivity index (χ3v) is 12.0. The summed E-state index contributed by atoms with van der Waals surface area (Å²) in [5.74, 6) is 0. The van der Waals surface area contributed by atoms with Crippen LogP contribution < -0.4 is 0 Å². The number of aromatic nitrogens is 2. The fraction of sp³-hybridized carbons (Fsp3) is 0.132.